The average molecular weight is 237 g/mol. The normalized spacial score (nSPS) is 12.5. The van der Waals surface area contributed by atoms with E-state index in [-0.39, 0.29) is 0 Å². The monoisotopic (exact) mass is 237 g/mol. The zero-order valence-corrected chi connectivity index (χ0v) is 9.56. The Morgan fingerprint density at radius 2 is 1.89 bits per heavy atom. The number of fused-ring (bicyclic) bond motifs is 1. The van der Waals surface area contributed by atoms with E-state index in [4.69, 9.17) is 0 Å². The predicted molar refractivity (Wildman–Crippen MR) is 67.8 cm³/mol. The van der Waals surface area contributed by atoms with Crippen LogP contribution < -0.4 is 0 Å². The minimum absolute atomic E-state index is 0.585. The topological polar surface area (TPSA) is 58.9 Å². The van der Waals surface area contributed by atoms with Crippen LogP contribution in [0.2, 0.25) is 0 Å². The van der Waals surface area contributed by atoms with E-state index in [1.807, 2.05) is 24.3 Å². The van der Waals surface area contributed by atoms with Gasteiger partial charge in [-0.25, -0.2) is 9.97 Å². The lowest BCUT2D eigenvalue weighted by molar-refractivity contribution is 0.216. The molecule has 0 bridgehead atoms. The number of benzene rings is 1. The third kappa shape index (κ3) is 1.83. The van der Waals surface area contributed by atoms with Crippen molar-refractivity contribution in [2.75, 3.05) is 0 Å². The zero-order valence-electron chi connectivity index (χ0n) is 9.56. The molecular weight excluding hydrogens is 226 g/mol. The van der Waals surface area contributed by atoms with Crippen LogP contribution in [-0.4, -0.2) is 20.1 Å². The summed E-state index contributed by atoms with van der Waals surface area (Å²) in [4.78, 5) is 12.0. The molecule has 1 N–H and O–H groups in total. The van der Waals surface area contributed by atoms with Gasteiger partial charge in [0.2, 0.25) is 0 Å². The van der Waals surface area contributed by atoms with Crippen LogP contribution >= 0.6 is 0 Å². The van der Waals surface area contributed by atoms with E-state index >= 15 is 0 Å². The van der Waals surface area contributed by atoms with Crippen LogP contribution in [0.4, 0.5) is 0 Å². The van der Waals surface area contributed by atoms with Crippen LogP contribution in [0, 0.1) is 0 Å². The lowest BCUT2D eigenvalue weighted by Gasteiger charge is -2.12. The van der Waals surface area contributed by atoms with Crippen molar-refractivity contribution in [2.45, 2.75) is 6.10 Å². The lowest BCUT2D eigenvalue weighted by Crippen LogP contribution is -2.03. The van der Waals surface area contributed by atoms with Gasteiger partial charge >= 0.3 is 0 Å². The Morgan fingerprint density at radius 3 is 2.72 bits per heavy atom. The first kappa shape index (κ1) is 10.8. The first-order valence-electron chi connectivity index (χ1n) is 5.63. The predicted octanol–water partition coefficient (Wildman–Crippen LogP) is 2.11. The highest BCUT2D eigenvalue weighted by atomic mass is 16.3. The van der Waals surface area contributed by atoms with Gasteiger partial charge in [-0.15, -0.1) is 0 Å². The molecule has 4 heteroatoms. The number of pyridine rings is 1. The first-order chi connectivity index (χ1) is 8.86. The number of aromatic nitrogens is 3. The summed E-state index contributed by atoms with van der Waals surface area (Å²) in [5.41, 5.74) is 1.39. The molecule has 2 aromatic heterocycles. The Kier molecular flexibility index (Phi) is 2.70. The molecule has 88 valence electrons. The van der Waals surface area contributed by atoms with E-state index in [9.17, 15) is 5.11 Å². The minimum atomic E-state index is -0.763. The standard InChI is InChI=1S/C14H11N3O/c18-14(13-5-7-16-9-17-13)11-3-1-2-10-4-6-15-8-12(10)11/h1-9,14,18H. The molecule has 0 aliphatic heterocycles. The summed E-state index contributed by atoms with van der Waals surface area (Å²) in [7, 11) is 0. The number of nitrogens with zero attached hydrogens (tertiary/aromatic N) is 3. The van der Waals surface area contributed by atoms with E-state index in [0.29, 0.717) is 5.69 Å². The average Bonchev–Trinajstić information content (AvgIpc) is 2.47. The molecule has 1 atom stereocenters. The van der Waals surface area contributed by atoms with Gasteiger partial charge in [-0.3, -0.25) is 4.98 Å². The maximum atomic E-state index is 10.4. The molecule has 18 heavy (non-hydrogen) atoms. The van der Waals surface area contributed by atoms with Crippen molar-refractivity contribution in [3.05, 3.63) is 66.5 Å². The number of aliphatic hydroxyl groups is 1. The zero-order chi connectivity index (χ0) is 12.4. The van der Waals surface area contributed by atoms with Gasteiger partial charge in [-0.2, -0.15) is 0 Å². The van der Waals surface area contributed by atoms with Gasteiger partial charge in [0.15, 0.2) is 0 Å². The molecule has 0 amide bonds. The van der Waals surface area contributed by atoms with Gasteiger partial charge in [-0.05, 0) is 23.1 Å². The second kappa shape index (κ2) is 4.50. The van der Waals surface area contributed by atoms with E-state index in [1.165, 1.54) is 6.33 Å². The SMILES string of the molecule is OC(c1ccncn1)c1cccc2ccncc12. The maximum absolute atomic E-state index is 10.4. The number of aliphatic hydroxyl groups excluding tert-OH is 1. The first-order valence-corrected chi connectivity index (χ1v) is 5.63. The van der Waals surface area contributed by atoms with E-state index in [0.717, 1.165) is 16.3 Å². The molecule has 0 aliphatic rings. The Morgan fingerprint density at radius 1 is 1.00 bits per heavy atom. The summed E-state index contributed by atoms with van der Waals surface area (Å²) >= 11 is 0. The van der Waals surface area contributed by atoms with Crippen LogP contribution in [0.3, 0.4) is 0 Å². The van der Waals surface area contributed by atoms with Crippen molar-refractivity contribution in [1.29, 1.82) is 0 Å². The number of rotatable bonds is 2. The maximum Gasteiger partial charge on any atom is 0.122 e. The number of hydrogen-bond donors (Lipinski definition) is 1. The molecule has 3 rings (SSSR count). The highest BCUT2D eigenvalue weighted by Gasteiger charge is 2.14. The van der Waals surface area contributed by atoms with Crippen molar-refractivity contribution in [2.24, 2.45) is 0 Å². The van der Waals surface area contributed by atoms with Crippen molar-refractivity contribution in [3.63, 3.8) is 0 Å². The second-order valence-electron chi connectivity index (χ2n) is 3.98. The van der Waals surface area contributed by atoms with Gasteiger partial charge < -0.3 is 5.11 Å². The highest BCUT2D eigenvalue weighted by Crippen LogP contribution is 2.26. The third-order valence-electron chi connectivity index (χ3n) is 2.90. The van der Waals surface area contributed by atoms with Crippen LogP contribution in [-0.2, 0) is 0 Å². The molecule has 0 aliphatic carbocycles. The Hall–Kier alpha value is -2.33. The van der Waals surface area contributed by atoms with Crippen LogP contribution in [0.25, 0.3) is 10.8 Å². The van der Waals surface area contributed by atoms with Gasteiger partial charge in [-0.1, -0.05) is 18.2 Å². The van der Waals surface area contributed by atoms with E-state index in [1.54, 1.807) is 24.7 Å². The van der Waals surface area contributed by atoms with E-state index in [2.05, 4.69) is 15.0 Å². The highest BCUT2D eigenvalue weighted by molar-refractivity contribution is 5.85. The molecular formula is C14H11N3O. The fourth-order valence-corrected chi connectivity index (χ4v) is 2.00. The van der Waals surface area contributed by atoms with Gasteiger partial charge in [0, 0.05) is 24.0 Å². The molecule has 0 saturated carbocycles. The second-order valence-corrected chi connectivity index (χ2v) is 3.98. The summed E-state index contributed by atoms with van der Waals surface area (Å²) < 4.78 is 0. The summed E-state index contributed by atoms with van der Waals surface area (Å²) in [5, 5.41) is 12.4. The summed E-state index contributed by atoms with van der Waals surface area (Å²) in [6.45, 7) is 0. The summed E-state index contributed by atoms with van der Waals surface area (Å²) in [6.07, 6.45) is 5.79. The molecule has 0 spiro atoms. The molecule has 3 aromatic rings. The Bertz CT molecular complexity index is 665. The smallest absolute Gasteiger partial charge is 0.122 e. The molecule has 2 heterocycles. The Labute approximate surface area is 104 Å². The van der Waals surface area contributed by atoms with E-state index < -0.39 is 6.10 Å². The van der Waals surface area contributed by atoms with Crippen molar-refractivity contribution >= 4 is 10.8 Å². The molecule has 0 fully saturated rings. The van der Waals surface area contributed by atoms with Crippen LogP contribution in [0.1, 0.15) is 17.4 Å². The fraction of sp³-hybridized carbons (Fsp3) is 0.0714. The Balaban J connectivity index is 2.15. The van der Waals surface area contributed by atoms with Crippen LogP contribution in [0.15, 0.2) is 55.2 Å². The van der Waals surface area contributed by atoms with Crippen molar-refractivity contribution < 1.29 is 5.11 Å². The van der Waals surface area contributed by atoms with Gasteiger partial charge in [0.1, 0.15) is 12.4 Å². The largest absolute Gasteiger partial charge is 0.382 e. The van der Waals surface area contributed by atoms with Gasteiger partial charge in [0.05, 0.1) is 5.69 Å². The molecule has 0 radical (unpaired) electrons. The minimum Gasteiger partial charge on any atom is -0.382 e. The summed E-state index contributed by atoms with van der Waals surface area (Å²) in [5.74, 6) is 0. The molecule has 1 unspecified atom stereocenters. The van der Waals surface area contributed by atoms with Crippen LogP contribution in [0.5, 0.6) is 0 Å². The lowest BCUT2D eigenvalue weighted by atomic mass is 10.0. The third-order valence-corrected chi connectivity index (χ3v) is 2.90. The molecule has 4 nitrogen and oxygen atoms in total. The summed E-state index contributed by atoms with van der Waals surface area (Å²) in [6, 6.07) is 9.43. The van der Waals surface area contributed by atoms with Gasteiger partial charge in [0.25, 0.3) is 0 Å². The fourth-order valence-electron chi connectivity index (χ4n) is 2.00. The van der Waals surface area contributed by atoms with Crippen molar-refractivity contribution in [1.82, 2.24) is 15.0 Å². The molecule has 1 aromatic carbocycles. The quantitative estimate of drug-likeness (QED) is 0.741. The van der Waals surface area contributed by atoms with Crippen molar-refractivity contribution in [3.8, 4) is 0 Å². The molecule has 0 saturated heterocycles. The number of hydrogen-bond acceptors (Lipinski definition) is 4.